The Balaban J connectivity index is 2.22. The monoisotopic (exact) mass is 123 g/mol. The summed E-state index contributed by atoms with van der Waals surface area (Å²) in [5, 5.41) is 0. The highest BCUT2D eigenvalue weighted by Crippen LogP contribution is 2.23. The molecule has 1 aliphatic carbocycles. The van der Waals surface area contributed by atoms with Gasteiger partial charge in [-0.2, -0.15) is 0 Å². The second-order valence-electron chi connectivity index (χ2n) is 2.71. The number of hydrogen-bond donors (Lipinski definition) is 0. The predicted octanol–water partition coefficient (Wildman–Crippen LogP) is 3.10. The van der Waals surface area contributed by atoms with Gasteiger partial charge in [0.05, 0.1) is 0 Å². The van der Waals surface area contributed by atoms with E-state index in [0.29, 0.717) is 0 Å². The van der Waals surface area contributed by atoms with Gasteiger partial charge in [-0.05, 0) is 38.5 Å². The van der Waals surface area contributed by atoms with Gasteiger partial charge in [0.2, 0.25) is 0 Å². The van der Waals surface area contributed by atoms with Gasteiger partial charge in [-0.25, -0.2) is 0 Å². The fourth-order valence-electron chi connectivity index (χ4n) is 1.34. The summed E-state index contributed by atoms with van der Waals surface area (Å²) in [7, 11) is 0. The standard InChI is InChI=1S/C9H15/c1-2-3-6-9-7-4-5-8-9/h6H,1-5,7-8H2. The zero-order chi connectivity index (χ0) is 6.53. The quantitative estimate of drug-likeness (QED) is 0.495. The van der Waals surface area contributed by atoms with E-state index in [1.165, 1.54) is 32.1 Å². The topological polar surface area (TPSA) is 0 Å². The van der Waals surface area contributed by atoms with Gasteiger partial charge >= 0.3 is 0 Å². The molecule has 1 aliphatic rings. The molecule has 0 heteroatoms. The van der Waals surface area contributed by atoms with Crippen LogP contribution in [0.2, 0.25) is 0 Å². The van der Waals surface area contributed by atoms with Crippen LogP contribution < -0.4 is 0 Å². The highest BCUT2D eigenvalue weighted by molar-refractivity contribution is 5.05. The van der Waals surface area contributed by atoms with E-state index in [9.17, 15) is 0 Å². The Bertz CT molecular complexity index is 92.6. The second-order valence-corrected chi connectivity index (χ2v) is 2.71. The van der Waals surface area contributed by atoms with E-state index in [4.69, 9.17) is 0 Å². The molecule has 0 N–H and O–H groups in total. The van der Waals surface area contributed by atoms with Crippen LogP contribution in [0.5, 0.6) is 0 Å². The van der Waals surface area contributed by atoms with Gasteiger partial charge in [0.1, 0.15) is 0 Å². The molecule has 0 unspecified atom stereocenters. The lowest BCUT2D eigenvalue weighted by Gasteiger charge is -1.91. The lowest BCUT2D eigenvalue weighted by Crippen LogP contribution is -1.71. The lowest BCUT2D eigenvalue weighted by atomic mass is 10.2. The molecular formula is C9H15. The number of allylic oxidation sites excluding steroid dienone is 2. The van der Waals surface area contributed by atoms with Gasteiger partial charge < -0.3 is 0 Å². The molecule has 51 valence electrons. The summed E-state index contributed by atoms with van der Waals surface area (Å²) in [5.41, 5.74) is 1.68. The molecule has 0 bridgehead atoms. The molecular weight excluding hydrogens is 108 g/mol. The summed E-state index contributed by atoms with van der Waals surface area (Å²) in [4.78, 5) is 0. The van der Waals surface area contributed by atoms with Crippen LogP contribution in [0, 0.1) is 6.92 Å². The third-order valence-corrected chi connectivity index (χ3v) is 1.88. The van der Waals surface area contributed by atoms with Crippen LogP contribution >= 0.6 is 0 Å². The Hall–Kier alpha value is -0.260. The zero-order valence-corrected chi connectivity index (χ0v) is 6.03. The molecule has 0 aliphatic heterocycles. The average Bonchev–Trinajstić information content (AvgIpc) is 2.34. The van der Waals surface area contributed by atoms with Crippen LogP contribution in [0.15, 0.2) is 11.6 Å². The summed E-state index contributed by atoms with van der Waals surface area (Å²) < 4.78 is 0. The second kappa shape index (κ2) is 3.71. The van der Waals surface area contributed by atoms with Gasteiger partial charge in [-0.1, -0.05) is 18.6 Å². The predicted molar refractivity (Wildman–Crippen MR) is 41.1 cm³/mol. The van der Waals surface area contributed by atoms with Crippen molar-refractivity contribution in [2.75, 3.05) is 0 Å². The molecule has 0 nitrogen and oxygen atoms in total. The molecule has 0 atom stereocenters. The van der Waals surface area contributed by atoms with Gasteiger partial charge in [0.15, 0.2) is 0 Å². The number of hydrogen-bond acceptors (Lipinski definition) is 0. The minimum atomic E-state index is 1.06. The smallest absolute Gasteiger partial charge is 0.0320 e. The maximum Gasteiger partial charge on any atom is -0.0320 e. The Labute approximate surface area is 58.0 Å². The molecule has 9 heavy (non-hydrogen) atoms. The fraction of sp³-hybridized carbons (Fsp3) is 0.667. The Morgan fingerprint density at radius 2 is 2.00 bits per heavy atom. The molecule has 1 fully saturated rings. The van der Waals surface area contributed by atoms with Crippen molar-refractivity contribution < 1.29 is 0 Å². The third kappa shape index (κ3) is 2.21. The molecule has 0 saturated heterocycles. The van der Waals surface area contributed by atoms with Crippen LogP contribution in [0.4, 0.5) is 0 Å². The van der Waals surface area contributed by atoms with Crippen LogP contribution in [0.25, 0.3) is 0 Å². The van der Waals surface area contributed by atoms with E-state index < -0.39 is 0 Å². The molecule has 1 saturated carbocycles. The fourth-order valence-corrected chi connectivity index (χ4v) is 1.34. The van der Waals surface area contributed by atoms with Crippen molar-refractivity contribution in [3.63, 3.8) is 0 Å². The first-order valence-corrected chi connectivity index (χ1v) is 3.90. The van der Waals surface area contributed by atoms with Gasteiger partial charge in [0.25, 0.3) is 0 Å². The maximum atomic E-state index is 3.80. The van der Waals surface area contributed by atoms with E-state index in [1.54, 1.807) is 5.57 Å². The molecule has 0 heterocycles. The van der Waals surface area contributed by atoms with Crippen molar-refractivity contribution >= 4 is 0 Å². The summed E-state index contributed by atoms with van der Waals surface area (Å²) in [6, 6.07) is 0. The highest BCUT2D eigenvalue weighted by Gasteiger charge is 2.04. The summed E-state index contributed by atoms with van der Waals surface area (Å²) in [6.07, 6.45) is 10.2. The first-order valence-electron chi connectivity index (χ1n) is 3.90. The Morgan fingerprint density at radius 1 is 1.33 bits per heavy atom. The van der Waals surface area contributed by atoms with E-state index in [0.717, 1.165) is 6.42 Å². The minimum Gasteiger partial charge on any atom is -0.0853 e. The van der Waals surface area contributed by atoms with Crippen molar-refractivity contribution in [3.8, 4) is 0 Å². The molecule has 0 aromatic carbocycles. The average molecular weight is 123 g/mol. The molecule has 0 spiro atoms. The van der Waals surface area contributed by atoms with Crippen LogP contribution in [0.1, 0.15) is 38.5 Å². The Kier molecular flexibility index (Phi) is 2.82. The van der Waals surface area contributed by atoms with Crippen molar-refractivity contribution in [2.24, 2.45) is 0 Å². The van der Waals surface area contributed by atoms with Crippen LogP contribution in [0.3, 0.4) is 0 Å². The number of rotatable bonds is 2. The van der Waals surface area contributed by atoms with Crippen molar-refractivity contribution in [1.82, 2.24) is 0 Å². The van der Waals surface area contributed by atoms with E-state index in [-0.39, 0.29) is 0 Å². The van der Waals surface area contributed by atoms with E-state index in [1.807, 2.05) is 0 Å². The van der Waals surface area contributed by atoms with Crippen molar-refractivity contribution in [1.29, 1.82) is 0 Å². The van der Waals surface area contributed by atoms with Gasteiger partial charge in [-0.3, -0.25) is 0 Å². The molecule has 1 rings (SSSR count). The first-order chi connectivity index (χ1) is 4.43. The Morgan fingerprint density at radius 3 is 2.56 bits per heavy atom. The van der Waals surface area contributed by atoms with Gasteiger partial charge in [-0.15, -0.1) is 0 Å². The van der Waals surface area contributed by atoms with Crippen molar-refractivity contribution in [2.45, 2.75) is 38.5 Å². The number of unbranched alkanes of at least 4 members (excludes halogenated alkanes) is 1. The zero-order valence-electron chi connectivity index (χ0n) is 6.03. The molecule has 0 aromatic heterocycles. The molecule has 0 amide bonds. The van der Waals surface area contributed by atoms with E-state index >= 15 is 0 Å². The summed E-state index contributed by atoms with van der Waals surface area (Å²) in [5.74, 6) is 0. The third-order valence-electron chi connectivity index (χ3n) is 1.88. The normalized spacial score (nSPS) is 18.6. The van der Waals surface area contributed by atoms with Crippen molar-refractivity contribution in [3.05, 3.63) is 18.6 Å². The molecule has 1 radical (unpaired) electrons. The first kappa shape index (κ1) is 6.85. The highest BCUT2D eigenvalue weighted by atomic mass is 14.1. The SMILES string of the molecule is [CH2]CCC=C1CCCC1. The maximum absolute atomic E-state index is 3.80. The van der Waals surface area contributed by atoms with E-state index in [2.05, 4.69) is 13.0 Å². The summed E-state index contributed by atoms with van der Waals surface area (Å²) in [6.45, 7) is 3.80. The van der Waals surface area contributed by atoms with Gasteiger partial charge in [0, 0.05) is 0 Å². The van der Waals surface area contributed by atoms with Crippen LogP contribution in [-0.4, -0.2) is 0 Å². The molecule has 0 aromatic rings. The minimum absolute atomic E-state index is 1.06. The lowest BCUT2D eigenvalue weighted by molar-refractivity contribution is 0.886. The van der Waals surface area contributed by atoms with Crippen LogP contribution in [-0.2, 0) is 0 Å². The summed E-state index contributed by atoms with van der Waals surface area (Å²) >= 11 is 0. The largest absolute Gasteiger partial charge is 0.0853 e.